The molecule has 1 aliphatic carbocycles. The van der Waals surface area contributed by atoms with Crippen LogP contribution in [0.4, 0.5) is 0 Å². The van der Waals surface area contributed by atoms with Crippen LogP contribution in [-0.2, 0) is 14.3 Å². The highest BCUT2D eigenvalue weighted by Crippen LogP contribution is 2.43. The smallest absolute Gasteiger partial charge is 0.310 e. The second-order valence-electron chi connectivity index (χ2n) is 6.33. The van der Waals surface area contributed by atoms with E-state index >= 15 is 0 Å². The van der Waals surface area contributed by atoms with Crippen molar-refractivity contribution >= 4 is 11.9 Å². The van der Waals surface area contributed by atoms with Gasteiger partial charge in [-0.15, -0.1) is 0 Å². The Bertz CT molecular complexity index is 459. The van der Waals surface area contributed by atoms with Gasteiger partial charge in [0, 0.05) is 6.54 Å². The van der Waals surface area contributed by atoms with Crippen LogP contribution in [0.1, 0.15) is 44.9 Å². The Kier molecular flexibility index (Phi) is 4.29. The van der Waals surface area contributed by atoms with Crippen LogP contribution in [-0.4, -0.2) is 35.7 Å². The van der Waals surface area contributed by atoms with Gasteiger partial charge in [-0.3, -0.25) is 9.59 Å². The molecule has 0 unspecified atom stereocenters. The standard InChI is InChI=1S/C16H23NO4/c18-15(17-9-8-10-4-2-1-3-5-10)13-11-6-7-12(21-11)14(13)16(19)20/h4,11-14H,1-3,5-9H2,(H,17,18)(H,19,20)/t11-,12-,13-,14+/m1/s1. The Labute approximate surface area is 124 Å². The van der Waals surface area contributed by atoms with Crippen molar-refractivity contribution in [1.29, 1.82) is 0 Å². The molecular formula is C16H23NO4. The van der Waals surface area contributed by atoms with Crippen LogP contribution < -0.4 is 5.32 Å². The van der Waals surface area contributed by atoms with Gasteiger partial charge in [0.15, 0.2) is 0 Å². The Morgan fingerprint density at radius 2 is 2.00 bits per heavy atom. The maximum absolute atomic E-state index is 12.3. The number of ether oxygens (including phenoxy) is 1. The second kappa shape index (κ2) is 6.18. The van der Waals surface area contributed by atoms with Gasteiger partial charge in [0.2, 0.25) is 5.91 Å². The Morgan fingerprint density at radius 1 is 1.24 bits per heavy atom. The molecule has 2 fully saturated rings. The van der Waals surface area contributed by atoms with Gasteiger partial charge in [0.05, 0.1) is 24.0 Å². The van der Waals surface area contributed by atoms with Crippen molar-refractivity contribution in [2.75, 3.05) is 6.54 Å². The van der Waals surface area contributed by atoms with E-state index in [2.05, 4.69) is 11.4 Å². The average Bonchev–Trinajstić information content (AvgIpc) is 3.08. The van der Waals surface area contributed by atoms with Crippen molar-refractivity contribution in [1.82, 2.24) is 5.32 Å². The average molecular weight is 293 g/mol. The van der Waals surface area contributed by atoms with Crippen LogP contribution in [0.5, 0.6) is 0 Å². The summed E-state index contributed by atoms with van der Waals surface area (Å²) in [4.78, 5) is 23.7. The zero-order valence-corrected chi connectivity index (χ0v) is 12.2. The Morgan fingerprint density at radius 3 is 2.67 bits per heavy atom. The third-order valence-electron chi connectivity index (χ3n) is 4.99. The summed E-state index contributed by atoms with van der Waals surface area (Å²) in [5, 5.41) is 12.2. The summed E-state index contributed by atoms with van der Waals surface area (Å²) in [5.41, 5.74) is 1.42. The molecule has 0 aromatic heterocycles. The summed E-state index contributed by atoms with van der Waals surface area (Å²) in [6.07, 6.45) is 9.02. The van der Waals surface area contributed by atoms with Gasteiger partial charge in [0.1, 0.15) is 0 Å². The maximum Gasteiger partial charge on any atom is 0.310 e. The van der Waals surface area contributed by atoms with E-state index < -0.39 is 17.8 Å². The molecule has 3 aliphatic rings. The monoisotopic (exact) mass is 293 g/mol. The van der Waals surface area contributed by atoms with Crippen molar-refractivity contribution in [3.63, 3.8) is 0 Å². The number of rotatable bonds is 5. The number of nitrogens with one attached hydrogen (secondary N) is 1. The van der Waals surface area contributed by atoms with Gasteiger partial charge in [-0.2, -0.15) is 0 Å². The fourth-order valence-corrected chi connectivity index (χ4v) is 3.92. The Hall–Kier alpha value is -1.36. The van der Waals surface area contributed by atoms with E-state index in [4.69, 9.17) is 4.74 Å². The zero-order valence-electron chi connectivity index (χ0n) is 12.2. The van der Waals surface area contributed by atoms with Gasteiger partial charge in [0.25, 0.3) is 0 Å². The van der Waals surface area contributed by atoms with Crippen LogP contribution in [0, 0.1) is 11.8 Å². The number of carboxylic acid groups (broad SMARTS) is 1. The summed E-state index contributed by atoms with van der Waals surface area (Å²) in [6, 6.07) is 0. The van der Waals surface area contributed by atoms with E-state index in [0.717, 1.165) is 32.1 Å². The zero-order chi connectivity index (χ0) is 14.8. The van der Waals surface area contributed by atoms with Gasteiger partial charge in [-0.05, 0) is 44.9 Å². The SMILES string of the molecule is O=C(O)[C@@H]1[C@H](C(=O)NCCC2=CCCCC2)[C@H]2CC[C@H]1O2. The number of carbonyl (C=O) groups excluding carboxylic acids is 1. The predicted molar refractivity (Wildman–Crippen MR) is 76.7 cm³/mol. The number of hydrogen-bond donors (Lipinski definition) is 2. The Balaban J connectivity index is 1.52. The largest absolute Gasteiger partial charge is 0.481 e. The van der Waals surface area contributed by atoms with Crippen LogP contribution in [0.3, 0.4) is 0 Å². The molecule has 3 rings (SSSR count). The number of amides is 1. The first-order valence-electron chi connectivity index (χ1n) is 8.00. The topological polar surface area (TPSA) is 75.6 Å². The third kappa shape index (κ3) is 2.98. The van der Waals surface area contributed by atoms with E-state index in [-0.39, 0.29) is 18.1 Å². The molecule has 2 saturated heterocycles. The summed E-state index contributed by atoms with van der Waals surface area (Å²) in [7, 11) is 0. The lowest BCUT2D eigenvalue weighted by Gasteiger charge is -2.24. The molecule has 0 aromatic rings. The number of carboxylic acids is 1. The van der Waals surface area contributed by atoms with E-state index in [9.17, 15) is 14.7 Å². The number of fused-ring (bicyclic) bond motifs is 2. The molecule has 2 bridgehead atoms. The quantitative estimate of drug-likeness (QED) is 0.759. The maximum atomic E-state index is 12.3. The highest BCUT2D eigenvalue weighted by atomic mass is 16.5. The molecule has 0 spiro atoms. The lowest BCUT2D eigenvalue weighted by molar-refractivity contribution is -0.147. The lowest BCUT2D eigenvalue weighted by atomic mass is 9.78. The van der Waals surface area contributed by atoms with Gasteiger partial charge in [-0.25, -0.2) is 0 Å². The van der Waals surface area contributed by atoms with Crippen molar-refractivity contribution in [3.05, 3.63) is 11.6 Å². The number of allylic oxidation sites excluding steroid dienone is 1. The highest BCUT2D eigenvalue weighted by Gasteiger charge is 2.55. The third-order valence-corrected chi connectivity index (χ3v) is 4.99. The van der Waals surface area contributed by atoms with Crippen LogP contribution >= 0.6 is 0 Å². The minimum atomic E-state index is -0.905. The van der Waals surface area contributed by atoms with E-state index in [0.29, 0.717) is 6.54 Å². The molecule has 2 aliphatic heterocycles. The summed E-state index contributed by atoms with van der Waals surface area (Å²) in [6.45, 7) is 0.602. The first kappa shape index (κ1) is 14.6. The molecule has 5 heteroatoms. The summed E-state index contributed by atoms with van der Waals surface area (Å²) < 4.78 is 5.62. The van der Waals surface area contributed by atoms with Crippen molar-refractivity contribution in [3.8, 4) is 0 Å². The number of hydrogen-bond acceptors (Lipinski definition) is 3. The van der Waals surface area contributed by atoms with Crippen molar-refractivity contribution in [2.24, 2.45) is 11.8 Å². The molecule has 0 radical (unpaired) electrons. The summed E-state index contributed by atoms with van der Waals surface area (Å²) in [5.74, 6) is -2.23. The van der Waals surface area contributed by atoms with Gasteiger partial charge < -0.3 is 15.2 Å². The van der Waals surface area contributed by atoms with Gasteiger partial charge >= 0.3 is 5.97 Å². The van der Waals surface area contributed by atoms with Crippen molar-refractivity contribution in [2.45, 2.75) is 57.2 Å². The minimum absolute atomic E-state index is 0.147. The molecule has 5 nitrogen and oxygen atoms in total. The molecule has 4 atom stereocenters. The molecule has 2 heterocycles. The first-order valence-corrected chi connectivity index (χ1v) is 8.00. The van der Waals surface area contributed by atoms with Gasteiger partial charge in [-0.1, -0.05) is 11.6 Å². The molecule has 21 heavy (non-hydrogen) atoms. The number of carbonyl (C=O) groups is 2. The summed E-state index contributed by atoms with van der Waals surface area (Å²) >= 11 is 0. The van der Waals surface area contributed by atoms with Crippen molar-refractivity contribution < 1.29 is 19.4 Å². The molecular weight excluding hydrogens is 270 g/mol. The van der Waals surface area contributed by atoms with Crippen LogP contribution in [0.2, 0.25) is 0 Å². The molecule has 0 aromatic carbocycles. The van der Waals surface area contributed by atoms with Crippen LogP contribution in [0.15, 0.2) is 11.6 Å². The molecule has 116 valence electrons. The minimum Gasteiger partial charge on any atom is -0.481 e. The fraction of sp³-hybridized carbons (Fsp3) is 0.750. The lowest BCUT2D eigenvalue weighted by Crippen LogP contribution is -2.44. The fourth-order valence-electron chi connectivity index (χ4n) is 3.92. The van der Waals surface area contributed by atoms with E-state index in [1.54, 1.807) is 0 Å². The highest BCUT2D eigenvalue weighted by molar-refractivity contribution is 5.86. The van der Waals surface area contributed by atoms with Crippen LogP contribution in [0.25, 0.3) is 0 Å². The molecule has 0 saturated carbocycles. The number of aliphatic carboxylic acids is 1. The second-order valence-corrected chi connectivity index (χ2v) is 6.33. The molecule has 2 N–H and O–H groups in total. The molecule has 1 amide bonds. The normalized spacial score (nSPS) is 34.6. The van der Waals surface area contributed by atoms with E-state index in [1.165, 1.54) is 18.4 Å². The predicted octanol–water partition coefficient (Wildman–Crippen LogP) is 1.87. The first-order chi connectivity index (χ1) is 10.2. The van der Waals surface area contributed by atoms with E-state index in [1.807, 2.05) is 0 Å².